The quantitative estimate of drug-likeness (QED) is 0.809. The monoisotopic (exact) mass is 347 g/mol. The predicted octanol–water partition coefficient (Wildman–Crippen LogP) is 3.69. The second kappa shape index (κ2) is 7.70. The zero-order chi connectivity index (χ0) is 17.7. The first-order valence-corrected chi connectivity index (χ1v) is 8.74. The van der Waals surface area contributed by atoms with Gasteiger partial charge in [-0.05, 0) is 37.6 Å². The van der Waals surface area contributed by atoms with E-state index >= 15 is 0 Å². The molecule has 2 amide bonds. The van der Waals surface area contributed by atoms with Crippen molar-refractivity contribution in [1.82, 2.24) is 20.1 Å². The topological polar surface area (TPSA) is 71.8 Å². The molecule has 0 unspecified atom stereocenters. The summed E-state index contributed by atoms with van der Waals surface area (Å²) in [6, 6.07) is 5.82. The molecule has 0 spiro atoms. The molecule has 0 saturated carbocycles. The number of urea groups is 1. The molecule has 0 aliphatic heterocycles. The molecule has 0 aliphatic rings. The van der Waals surface area contributed by atoms with Gasteiger partial charge in [0.2, 0.25) is 0 Å². The summed E-state index contributed by atoms with van der Waals surface area (Å²) in [5.74, 6) is 0. The van der Waals surface area contributed by atoms with Crippen LogP contribution in [0, 0.1) is 6.92 Å². The van der Waals surface area contributed by atoms with E-state index in [2.05, 4.69) is 47.6 Å². The standard InChI is InChI=1S/C17H25N5OS/c1-12-8-14(24-17(3,4)5)6-7-15(12)21-16(23)20-13(2)9-22-11-18-10-19-22/h6-8,10-11,13H,9H2,1-5H3,(H2,20,21,23)/t13-/m0/s1. The Bertz CT molecular complexity index is 679. The van der Waals surface area contributed by atoms with Crippen LogP contribution in [0.3, 0.4) is 0 Å². The number of nitrogens with one attached hydrogen (secondary N) is 2. The number of carbonyl (C=O) groups excluding carboxylic acids is 1. The molecule has 2 aromatic rings. The Labute approximate surface area is 147 Å². The Morgan fingerprint density at radius 1 is 1.38 bits per heavy atom. The third-order valence-electron chi connectivity index (χ3n) is 3.18. The van der Waals surface area contributed by atoms with Crippen molar-refractivity contribution in [1.29, 1.82) is 0 Å². The van der Waals surface area contributed by atoms with Gasteiger partial charge in [0.25, 0.3) is 0 Å². The van der Waals surface area contributed by atoms with Gasteiger partial charge in [-0.2, -0.15) is 5.10 Å². The van der Waals surface area contributed by atoms with E-state index in [1.54, 1.807) is 11.0 Å². The molecule has 6 nitrogen and oxygen atoms in total. The van der Waals surface area contributed by atoms with Crippen molar-refractivity contribution in [2.75, 3.05) is 5.32 Å². The smallest absolute Gasteiger partial charge is 0.319 e. The zero-order valence-electron chi connectivity index (χ0n) is 14.8. The number of thioether (sulfide) groups is 1. The van der Waals surface area contributed by atoms with E-state index in [9.17, 15) is 4.79 Å². The van der Waals surface area contributed by atoms with Crippen molar-refractivity contribution in [3.05, 3.63) is 36.4 Å². The van der Waals surface area contributed by atoms with E-state index in [-0.39, 0.29) is 16.8 Å². The Morgan fingerprint density at radius 3 is 2.71 bits per heavy atom. The maximum atomic E-state index is 12.1. The molecule has 1 aromatic heterocycles. The molecule has 1 aromatic carbocycles. The van der Waals surface area contributed by atoms with Gasteiger partial charge >= 0.3 is 6.03 Å². The lowest BCUT2D eigenvalue weighted by molar-refractivity contribution is 0.247. The van der Waals surface area contributed by atoms with Gasteiger partial charge in [-0.1, -0.05) is 20.8 Å². The SMILES string of the molecule is Cc1cc(SC(C)(C)C)ccc1NC(=O)N[C@@H](C)Cn1cncn1. The largest absolute Gasteiger partial charge is 0.334 e. The summed E-state index contributed by atoms with van der Waals surface area (Å²) in [6.45, 7) is 11.1. The normalized spacial score (nSPS) is 12.7. The van der Waals surface area contributed by atoms with E-state index in [0.29, 0.717) is 6.54 Å². The molecule has 2 rings (SSSR count). The number of nitrogens with zero attached hydrogens (tertiary/aromatic N) is 3. The van der Waals surface area contributed by atoms with E-state index in [4.69, 9.17) is 0 Å². The lowest BCUT2D eigenvalue weighted by Crippen LogP contribution is -2.38. The molecule has 2 N–H and O–H groups in total. The molecule has 130 valence electrons. The number of aryl methyl sites for hydroxylation is 1. The second-order valence-corrected chi connectivity index (χ2v) is 8.71. The first-order valence-electron chi connectivity index (χ1n) is 7.92. The summed E-state index contributed by atoms with van der Waals surface area (Å²) in [6.07, 6.45) is 3.11. The number of amides is 2. The molecule has 0 bridgehead atoms. The molecule has 0 radical (unpaired) electrons. The highest BCUT2D eigenvalue weighted by molar-refractivity contribution is 8.00. The zero-order valence-corrected chi connectivity index (χ0v) is 15.6. The van der Waals surface area contributed by atoms with Gasteiger partial charge in [0.1, 0.15) is 12.7 Å². The maximum absolute atomic E-state index is 12.1. The van der Waals surface area contributed by atoms with Gasteiger partial charge in [0.05, 0.1) is 6.54 Å². The van der Waals surface area contributed by atoms with E-state index in [1.165, 1.54) is 11.2 Å². The second-order valence-electron chi connectivity index (χ2n) is 6.81. The molecule has 0 aliphatic carbocycles. The summed E-state index contributed by atoms with van der Waals surface area (Å²) in [5, 5.41) is 9.84. The van der Waals surface area contributed by atoms with Crippen molar-refractivity contribution >= 4 is 23.5 Å². The van der Waals surface area contributed by atoms with Crippen molar-refractivity contribution < 1.29 is 4.79 Å². The lowest BCUT2D eigenvalue weighted by Gasteiger charge is -2.19. The number of anilines is 1. The van der Waals surface area contributed by atoms with E-state index in [1.807, 2.05) is 37.7 Å². The molecular formula is C17H25N5OS. The number of carbonyl (C=O) groups is 1. The minimum Gasteiger partial charge on any atom is -0.334 e. The third-order valence-corrected chi connectivity index (χ3v) is 4.28. The van der Waals surface area contributed by atoms with Gasteiger partial charge in [0.15, 0.2) is 0 Å². The molecule has 24 heavy (non-hydrogen) atoms. The fraction of sp³-hybridized carbons (Fsp3) is 0.471. The first-order chi connectivity index (χ1) is 11.2. The Hall–Kier alpha value is -2.02. The van der Waals surface area contributed by atoms with Crippen LogP contribution >= 0.6 is 11.8 Å². The summed E-state index contributed by atoms with van der Waals surface area (Å²) in [7, 11) is 0. The molecule has 7 heteroatoms. The average Bonchev–Trinajstić information content (AvgIpc) is 2.92. The Kier molecular flexibility index (Phi) is 5.88. The third kappa shape index (κ3) is 5.88. The highest BCUT2D eigenvalue weighted by Crippen LogP contribution is 2.33. The van der Waals surface area contributed by atoms with Crippen LogP contribution in [-0.4, -0.2) is 31.6 Å². The van der Waals surface area contributed by atoms with Crippen LogP contribution in [-0.2, 0) is 6.54 Å². The first kappa shape index (κ1) is 18.3. The lowest BCUT2D eigenvalue weighted by atomic mass is 10.2. The predicted molar refractivity (Wildman–Crippen MR) is 98.4 cm³/mol. The summed E-state index contributed by atoms with van der Waals surface area (Å²) >= 11 is 1.81. The molecule has 1 heterocycles. The van der Waals surface area contributed by atoms with Gasteiger partial charge in [-0.15, -0.1) is 11.8 Å². The summed E-state index contributed by atoms with van der Waals surface area (Å²) < 4.78 is 1.85. The molecule has 0 fully saturated rings. The Morgan fingerprint density at radius 2 is 2.12 bits per heavy atom. The molecule has 1 atom stereocenters. The van der Waals surface area contributed by atoms with Crippen LogP contribution in [0.2, 0.25) is 0 Å². The number of aromatic nitrogens is 3. The van der Waals surface area contributed by atoms with Crippen LogP contribution in [0.4, 0.5) is 10.5 Å². The fourth-order valence-electron chi connectivity index (χ4n) is 2.23. The maximum Gasteiger partial charge on any atom is 0.319 e. The van der Waals surface area contributed by atoms with Crippen molar-refractivity contribution in [2.45, 2.75) is 56.8 Å². The van der Waals surface area contributed by atoms with E-state index < -0.39 is 0 Å². The highest BCUT2D eigenvalue weighted by Gasteiger charge is 2.14. The van der Waals surface area contributed by atoms with Gasteiger partial charge in [-0.25, -0.2) is 9.78 Å². The van der Waals surface area contributed by atoms with Crippen molar-refractivity contribution in [2.24, 2.45) is 0 Å². The van der Waals surface area contributed by atoms with Crippen LogP contribution in [0.25, 0.3) is 0 Å². The number of rotatable bonds is 5. The van der Waals surface area contributed by atoms with Crippen molar-refractivity contribution in [3.63, 3.8) is 0 Å². The van der Waals surface area contributed by atoms with Gasteiger partial charge < -0.3 is 10.6 Å². The molecular weight excluding hydrogens is 322 g/mol. The minimum atomic E-state index is -0.220. The number of hydrogen-bond acceptors (Lipinski definition) is 4. The Balaban J connectivity index is 1.91. The minimum absolute atomic E-state index is 0.0530. The van der Waals surface area contributed by atoms with Gasteiger partial charge in [-0.3, -0.25) is 4.68 Å². The van der Waals surface area contributed by atoms with Crippen LogP contribution in [0.1, 0.15) is 33.3 Å². The number of hydrogen-bond donors (Lipinski definition) is 2. The molecule has 0 saturated heterocycles. The highest BCUT2D eigenvalue weighted by atomic mass is 32.2. The van der Waals surface area contributed by atoms with Crippen molar-refractivity contribution in [3.8, 4) is 0 Å². The summed E-state index contributed by atoms with van der Waals surface area (Å²) in [5.41, 5.74) is 1.86. The van der Waals surface area contributed by atoms with Crippen LogP contribution in [0.5, 0.6) is 0 Å². The summed E-state index contributed by atoms with van der Waals surface area (Å²) in [4.78, 5) is 17.2. The van der Waals surface area contributed by atoms with Gasteiger partial charge in [0, 0.05) is 21.4 Å². The number of benzene rings is 1. The average molecular weight is 347 g/mol. The van der Waals surface area contributed by atoms with E-state index in [0.717, 1.165) is 11.3 Å². The van der Waals surface area contributed by atoms with Crippen LogP contribution in [0.15, 0.2) is 35.7 Å². The van der Waals surface area contributed by atoms with Crippen LogP contribution < -0.4 is 10.6 Å². The fourth-order valence-corrected chi connectivity index (χ4v) is 3.31.